The molecule has 1 unspecified atom stereocenters. The lowest BCUT2D eigenvalue weighted by Gasteiger charge is -2.14. The molecule has 0 saturated heterocycles. The van der Waals surface area contributed by atoms with Gasteiger partial charge in [0, 0.05) is 12.5 Å². The summed E-state index contributed by atoms with van der Waals surface area (Å²) in [6.07, 6.45) is 0. The van der Waals surface area contributed by atoms with Crippen molar-refractivity contribution in [2.45, 2.75) is 13.8 Å². The molecule has 0 saturated carbocycles. The number of carbonyl (C=O) groups excluding carboxylic acids is 1. The SMILES string of the molecule is CNCC(C)C(=O)Nc1c(C)cc(Cl)nc1Cl. The number of rotatable bonds is 4. The number of carbonyl (C=O) groups is 1. The summed E-state index contributed by atoms with van der Waals surface area (Å²) in [4.78, 5) is 15.7. The molecule has 0 radical (unpaired) electrons. The van der Waals surface area contributed by atoms with Crippen LogP contribution in [0.25, 0.3) is 0 Å². The molecule has 0 spiro atoms. The standard InChI is InChI=1S/C11H15Cl2N3O/c1-6-4-8(12)15-10(13)9(6)16-11(17)7(2)5-14-3/h4,7,14H,5H2,1-3H3,(H,16,17). The Morgan fingerprint density at radius 1 is 1.53 bits per heavy atom. The van der Waals surface area contributed by atoms with Crippen molar-refractivity contribution >= 4 is 34.8 Å². The fraction of sp³-hybridized carbons (Fsp3) is 0.455. The molecule has 0 aliphatic heterocycles. The van der Waals surface area contributed by atoms with Gasteiger partial charge in [-0.1, -0.05) is 30.1 Å². The predicted molar refractivity (Wildman–Crippen MR) is 70.7 cm³/mol. The summed E-state index contributed by atoms with van der Waals surface area (Å²) in [5.41, 5.74) is 1.31. The summed E-state index contributed by atoms with van der Waals surface area (Å²) >= 11 is 11.7. The van der Waals surface area contributed by atoms with Gasteiger partial charge in [0.05, 0.1) is 5.69 Å². The lowest BCUT2D eigenvalue weighted by molar-refractivity contribution is -0.119. The maximum atomic E-state index is 11.8. The highest BCUT2D eigenvalue weighted by molar-refractivity contribution is 6.34. The Hall–Kier alpha value is -0.840. The van der Waals surface area contributed by atoms with Gasteiger partial charge in [-0.25, -0.2) is 4.98 Å². The topological polar surface area (TPSA) is 54.0 Å². The molecule has 1 heterocycles. The van der Waals surface area contributed by atoms with Crippen LogP contribution >= 0.6 is 23.2 Å². The molecule has 4 nitrogen and oxygen atoms in total. The Kier molecular flexibility index (Phi) is 5.18. The minimum Gasteiger partial charge on any atom is -0.323 e. The first-order chi connectivity index (χ1) is 7.95. The molecule has 1 rings (SSSR count). The zero-order valence-electron chi connectivity index (χ0n) is 9.97. The van der Waals surface area contributed by atoms with Crippen LogP contribution in [0.4, 0.5) is 5.69 Å². The maximum Gasteiger partial charge on any atom is 0.228 e. The number of aryl methyl sites for hydroxylation is 1. The lowest BCUT2D eigenvalue weighted by atomic mass is 10.1. The highest BCUT2D eigenvalue weighted by Crippen LogP contribution is 2.26. The average molecular weight is 276 g/mol. The van der Waals surface area contributed by atoms with Crippen molar-refractivity contribution in [3.63, 3.8) is 0 Å². The van der Waals surface area contributed by atoms with Crippen molar-refractivity contribution in [3.8, 4) is 0 Å². The smallest absolute Gasteiger partial charge is 0.228 e. The molecule has 1 atom stereocenters. The minimum atomic E-state index is -0.147. The molecule has 0 aliphatic carbocycles. The maximum absolute atomic E-state index is 11.8. The summed E-state index contributed by atoms with van der Waals surface area (Å²) in [7, 11) is 1.80. The number of aromatic nitrogens is 1. The highest BCUT2D eigenvalue weighted by atomic mass is 35.5. The molecule has 1 amide bonds. The van der Waals surface area contributed by atoms with Gasteiger partial charge in [-0.2, -0.15) is 0 Å². The van der Waals surface area contributed by atoms with Crippen molar-refractivity contribution in [1.29, 1.82) is 0 Å². The Labute approximate surface area is 111 Å². The third-order valence-electron chi connectivity index (χ3n) is 2.35. The van der Waals surface area contributed by atoms with E-state index in [-0.39, 0.29) is 17.0 Å². The fourth-order valence-electron chi connectivity index (χ4n) is 1.39. The molecular weight excluding hydrogens is 261 g/mol. The van der Waals surface area contributed by atoms with E-state index >= 15 is 0 Å². The minimum absolute atomic E-state index is 0.103. The zero-order chi connectivity index (χ0) is 13.0. The van der Waals surface area contributed by atoms with Crippen LogP contribution in [0.5, 0.6) is 0 Å². The third-order valence-corrected chi connectivity index (χ3v) is 2.81. The van der Waals surface area contributed by atoms with Crippen molar-refractivity contribution in [1.82, 2.24) is 10.3 Å². The predicted octanol–water partition coefficient (Wildman–Crippen LogP) is 2.49. The van der Waals surface area contributed by atoms with Gasteiger partial charge in [0.25, 0.3) is 0 Å². The highest BCUT2D eigenvalue weighted by Gasteiger charge is 2.15. The molecule has 2 N–H and O–H groups in total. The molecular formula is C11H15Cl2N3O. The number of nitrogens with one attached hydrogen (secondary N) is 2. The van der Waals surface area contributed by atoms with Gasteiger partial charge in [-0.15, -0.1) is 0 Å². The largest absolute Gasteiger partial charge is 0.323 e. The first-order valence-electron chi connectivity index (χ1n) is 5.23. The van der Waals surface area contributed by atoms with Crippen LogP contribution in [-0.2, 0) is 4.79 Å². The Morgan fingerprint density at radius 3 is 2.71 bits per heavy atom. The number of nitrogens with zero attached hydrogens (tertiary/aromatic N) is 1. The third kappa shape index (κ3) is 3.84. The van der Waals surface area contributed by atoms with Crippen molar-refractivity contribution < 1.29 is 4.79 Å². The number of hydrogen-bond donors (Lipinski definition) is 2. The van der Waals surface area contributed by atoms with Gasteiger partial charge in [0.15, 0.2) is 5.15 Å². The fourth-order valence-corrected chi connectivity index (χ4v) is 1.97. The van der Waals surface area contributed by atoms with Gasteiger partial charge in [-0.3, -0.25) is 4.79 Å². The van der Waals surface area contributed by atoms with E-state index in [4.69, 9.17) is 23.2 Å². The van der Waals surface area contributed by atoms with E-state index in [1.807, 2.05) is 13.8 Å². The van der Waals surface area contributed by atoms with E-state index in [9.17, 15) is 4.79 Å². The van der Waals surface area contributed by atoms with E-state index in [0.29, 0.717) is 17.4 Å². The lowest BCUT2D eigenvalue weighted by Crippen LogP contribution is -2.29. The molecule has 1 aromatic rings. The quantitative estimate of drug-likeness (QED) is 0.831. The second-order valence-electron chi connectivity index (χ2n) is 3.88. The molecule has 0 fully saturated rings. The van der Waals surface area contributed by atoms with Gasteiger partial charge in [0.2, 0.25) is 5.91 Å². The number of hydrogen-bond acceptors (Lipinski definition) is 3. The van der Waals surface area contributed by atoms with Crippen LogP contribution in [0.3, 0.4) is 0 Å². The first kappa shape index (κ1) is 14.2. The number of anilines is 1. The molecule has 0 aliphatic rings. The van der Waals surface area contributed by atoms with Crippen LogP contribution in [0.2, 0.25) is 10.3 Å². The summed E-state index contributed by atoms with van der Waals surface area (Å²) in [6.45, 7) is 4.25. The van der Waals surface area contributed by atoms with Crippen LogP contribution in [-0.4, -0.2) is 24.5 Å². The van der Waals surface area contributed by atoms with Crippen LogP contribution in [0, 0.1) is 12.8 Å². The second-order valence-corrected chi connectivity index (χ2v) is 4.62. The number of pyridine rings is 1. The van der Waals surface area contributed by atoms with Gasteiger partial charge < -0.3 is 10.6 Å². The first-order valence-corrected chi connectivity index (χ1v) is 5.99. The second kappa shape index (κ2) is 6.19. The Bertz CT molecular complexity index is 400. The van der Waals surface area contributed by atoms with Crippen LogP contribution in [0.1, 0.15) is 12.5 Å². The van der Waals surface area contributed by atoms with E-state index in [0.717, 1.165) is 5.56 Å². The molecule has 0 aromatic carbocycles. The average Bonchev–Trinajstić information content (AvgIpc) is 2.23. The summed E-state index contributed by atoms with van der Waals surface area (Å²) in [5.74, 6) is -0.250. The van der Waals surface area contributed by atoms with Crippen LogP contribution < -0.4 is 10.6 Å². The summed E-state index contributed by atoms with van der Waals surface area (Å²) < 4.78 is 0. The number of halogens is 2. The Morgan fingerprint density at radius 2 is 2.18 bits per heavy atom. The van der Waals surface area contributed by atoms with Crippen LogP contribution in [0.15, 0.2) is 6.07 Å². The van der Waals surface area contributed by atoms with E-state index in [2.05, 4.69) is 15.6 Å². The van der Waals surface area contributed by atoms with Gasteiger partial charge in [-0.05, 0) is 25.6 Å². The molecule has 94 valence electrons. The van der Waals surface area contributed by atoms with Crippen molar-refractivity contribution in [2.24, 2.45) is 5.92 Å². The van der Waals surface area contributed by atoms with Crippen molar-refractivity contribution in [2.75, 3.05) is 18.9 Å². The number of amides is 1. The normalized spacial score (nSPS) is 12.3. The van der Waals surface area contributed by atoms with E-state index < -0.39 is 0 Å². The summed E-state index contributed by atoms with van der Waals surface area (Å²) in [5, 5.41) is 6.22. The van der Waals surface area contributed by atoms with Gasteiger partial charge >= 0.3 is 0 Å². The zero-order valence-corrected chi connectivity index (χ0v) is 11.5. The van der Waals surface area contributed by atoms with E-state index in [1.165, 1.54) is 0 Å². The van der Waals surface area contributed by atoms with E-state index in [1.54, 1.807) is 13.1 Å². The van der Waals surface area contributed by atoms with Gasteiger partial charge in [0.1, 0.15) is 5.15 Å². The molecule has 1 aromatic heterocycles. The monoisotopic (exact) mass is 275 g/mol. The summed E-state index contributed by atoms with van der Waals surface area (Å²) in [6, 6.07) is 1.66. The Balaban J connectivity index is 2.85. The molecule has 17 heavy (non-hydrogen) atoms. The molecule has 6 heteroatoms. The molecule has 0 bridgehead atoms. The van der Waals surface area contributed by atoms with Crippen molar-refractivity contribution in [3.05, 3.63) is 21.9 Å².